The van der Waals surface area contributed by atoms with Crippen molar-refractivity contribution < 1.29 is 13.2 Å². The summed E-state index contributed by atoms with van der Waals surface area (Å²) in [5.74, 6) is 0.497. The third-order valence-corrected chi connectivity index (χ3v) is 4.81. The van der Waals surface area contributed by atoms with Crippen LogP contribution in [0.15, 0.2) is 10.4 Å². The predicted octanol–water partition coefficient (Wildman–Crippen LogP) is -0.271. The predicted molar refractivity (Wildman–Crippen MR) is 67.7 cm³/mol. The molecule has 0 aromatic carbocycles. The van der Waals surface area contributed by atoms with E-state index in [1.165, 1.54) is 19.0 Å². The minimum absolute atomic E-state index is 0.0246. The summed E-state index contributed by atoms with van der Waals surface area (Å²) in [7, 11) is -3.72. The van der Waals surface area contributed by atoms with Gasteiger partial charge in [-0.3, -0.25) is 4.79 Å². The van der Waals surface area contributed by atoms with Gasteiger partial charge < -0.3 is 10.6 Å². The van der Waals surface area contributed by atoms with E-state index < -0.39 is 10.0 Å². The molecular formula is C9H14N4O3S2. The van der Waals surface area contributed by atoms with Gasteiger partial charge in [0.1, 0.15) is 0 Å². The number of nitrogens with two attached hydrogens (primary N) is 1. The molecule has 1 aliphatic rings. The molecule has 9 heteroatoms. The van der Waals surface area contributed by atoms with Crippen molar-refractivity contribution in [2.24, 2.45) is 11.1 Å². The second kappa shape index (κ2) is 5.21. The van der Waals surface area contributed by atoms with E-state index in [0.717, 1.165) is 11.3 Å². The van der Waals surface area contributed by atoms with Crippen LogP contribution in [0.25, 0.3) is 0 Å². The molecule has 7 nitrogen and oxygen atoms in total. The Labute approximate surface area is 109 Å². The highest BCUT2D eigenvalue weighted by atomic mass is 32.2. The van der Waals surface area contributed by atoms with Crippen LogP contribution in [0.2, 0.25) is 0 Å². The molecule has 2 rings (SSSR count). The number of hydrogen-bond donors (Lipinski definition) is 3. The van der Waals surface area contributed by atoms with Gasteiger partial charge in [-0.2, -0.15) is 0 Å². The van der Waals surface area contributed by atoms with Crippen molar-refractivity contribution in [3.05, 3.63) is 6.20 Å². The zero-order valence-electron chi connectivity index (χ0n) is 9.55. The zero-order valence-corrected chi connectivity index (χ0v) is 11.2. The highest BCUT2D eigenvalue weighted by Gasteiger charge is 2.21. The monoisotopic (exact) mass is 290 g/mol. The summed E-state index contributed by atoms with van der Waals surface area (Å²) in [6.07, 6.45) is 3.53. The standard InChI is InChI=1S/C9H14N4O3S2/c10-18(15,16)8-5-13-9(17-8)12-4-7(14)11-3-6-1-2-6/h5-6H,1-4H2,(H,11,14)(H,12,13)(H2,10,15,16). The second-order valence-corrected chi connectivity index (χ2v) is 6.95. The first kappa shape index (κ1) is 13.2. The number of amides is 1. The summed E-state index contributed by atoms with van der Waals surface area (Å²) < 4.78 is 22.0. The van der Waals surface area contributed by atoms with E-state index in [1.54, 1.807) is 0 Å². The van der Waals surface area contributed by atoms with Crippen molar-refractivity contribution in [1.82, 2.24) is 10.3 Å². The van der Waals surface area contributed by atoms with Gasteiger partial charge in [0.15, 0.2) is 9.34 Å². The van der Waals surface area contributed by atoms with Crippen molar-refractivity contribution in [2.45, 2.75) is 17.1 Å². The van der Waals surface area contributed by atoms with Crippen molar-refractivity contribution in [3.8, 4) is 0 Å². The van der Waals surface area contributed by atoms with Crippen LogP contribution in [-0.4, -0.2) is 32.4 Å². The first-order chi connectivity index (χ1) is 8.45. The molecule has 1 aromatic heterocycles. The second-order valence-electron chi connectivity index (χ2n) is 4.13. The lowest BCUT2D eigenvalue weighted by Crippen LogP contribution is -2.31. The average molecular weight is 290 g/mol. The van der Waals surface area contributed by atoms with Crippen molar-refractivity contribution >= 4 is 32.4 Å². The fourth-order valence-electron chi connectivity index (χ4n) is 1.27. The molecule has 0 spiro atoms. The maximum atomic E-state index is 11.4. The number of sulfonamides is 1. The fourth-order valence-corrected chi connectivity index (χ4v) is 2.72. The Kier molecular flexibility index (Phi) is 3.83. The van der Waals surface area contributed by atoms with Crippen LogP contribution in [0.3, 0.4) is 0 Å². The van der Waals surface area contributed by atoms with Crippen molar-refractivity contribution in [2.75, 3.05) is 18.4 Å². The fraction of sp³-hybridized carbons (Fsp3) is 0.556. The van der Waals surface area contributed by atoms with E-state index in [4.69, 9.17) is 5.14 Å². The number of rotatable bonds is 6. The van der Waals surface area contributed by atoms with Crippen LogP contribution in [0.1, 0.15) is 12.8 Å². The zero-order chi connectivity index (χ0) is 13.2. The first-order valence-electron chi connectivity index (χ1n) is 5.44. The smallest absolute Gasteiger partial charge is 0.249 e. The van der Waals surface area contributed by atoms with Gasteiger partial charge in [-0.25, -0.2) is 18.5 Å². The van der Waals surface area contributed by atoms with E-state index in [0.29, 0.717) is 17.6 Å². The first-order valence-corrected chi connectivity index (χ1v) is 7.80. The highest BCUT2D eigenvalue weighted by molar-refractivity contribution is 7.91. The van der Waals surface area contributed by atoms with E-state index in [2.05, 4.69) is 15.6 Å². The van der Waals surface area contributed by atoms with Crippen molar-refractivity contribution in [3.63, 3.8) is 0 Å². The molecule has 4 N–H and O–H groups in total. The van der Waals surface area contributed by atoms with Crippen LogP contribution in [-0.2, 0) is 14.8 Å². The Hall–Kier alpha value is -1.19. The largest absolute Gasteiger partial charge is 0.354 e. The van der Waals surface area contributed by atoms with Gasteiger partial charge in [0.05, 0.1) is 12.7 Å². The lowest BCUT2D eigenvalue weighted by atomic mass is 10.4. The van der Waals surface area contributed by atoms with Gasteiger partial charge in [-0.15, -0.1) is 0 Å². The molecule has 0 unspecified atom stereocenters. The van der Waals surface area contributed by atoms with Crippen LogP contribution in [0.5, 0.6) is 0 Å². The van der Waals surface area contributed by atoms with Gasteiger partial charge >= 0.3 is 0 Å². The van der Waals surface area contributed by atoms with Gasteiger partial charge in [0.2, 0.25) is 15.9 Å². The van der Waals surface area contributed by atoms with Gasteiger partial charge in [-0.1, -0.05) is 11.3 Å². The number of hydrogen-bond acceptors (Lipinski definition) is 6. The molecule has 1 amide bonds. The molecule has 0 aliphatic heterocycles. The Morgan fingerprint density at radius 1 is 1.56 bits per heavy atom. The van der Waals surface area contributed by atoms with E-state index in [9.17, 15) is 13.2 Å². The molecule has 1 fully saturated rings. The van der Waals surface area contributed by atoms with E-state index in [1.807, 2.05) is 0 Å². The molecule has 0 bridgehead atoms. The average Bonchev–Trinajstić information content (AvgIpc) is 2.98. The molecule has 1 saturated carbocycles. The number of carbonyl (C=O) groups excluding carboxylic acids is 1. The quantitative estimate of drug-likeness (QED) is 0.667. The molecule has 1 aliphatic carbocycles. The third-order valence-electron chi connectivity index (χ3n) is 2.45. The lowest BCUT2D eigenvalue weighted by Gasteiger charge is -2.04. The maximum absolute atomic E-state index is 11.4. The van der Waals surface area contributed by atoms with Crippen molar-refractivity contribution in [1.29, 1.82) is 0 Å². The molecule has 1 aromatic rings. The van der Waals surface area contributed by atoms with Crippen LogP contribution >= 0.6 is 11.3 Å². The minimum atomic E-state index is -3.72. The number of aromatic nitrogens is 1. The molecule has 18 heavy (non-hydrogen) atoms. The van der Waals surface area contributed by atoms with E-state index >= 15 is 0 Å². The minimum Gasteiger partial charge on any atom is -0.354 e. The number of thiazole rings is 1. The Bertz CT molecular complexity index is 536. The van der Waals surface area contributed by atoms with Gasteiger partial charge in [-0.05, 0) is 18.8 Å². The van der Waals surface area contributed by atoms with Gasteiger partial charge in [0.25, 0.3) is 0 Å². The van der Waals surface area contributed by atoms with Gasteiger partial charge in [0, 0.05) is 6.54 Å². The summed E-state index contributed by atoms with van der Waals surface area (Å²) in [5, 5.41) is 10.9. The van der Waals surface area contributed by atoms with E-state index in [-0.39, 0.29) is 16.7 Å². The number of nitrogens with one attached hydrogen (secondary N) is 2. The number of anilines is 1. The Morgan fingerprint density at radius 2 is 2.28 bits per heavy atom. The SMILES string of the molecule is NS(=O)(=O)c1cnc(NCC(=O)NCC2CC2)s1. The maximum Gasteiger partial charge on any atom is 0.249 e. The van der Waals surface area contributed by atoms with Crippen LogP contribution < -0.4 is 15.8 Å². The molecule has 0 saturated heterocycles. The number of nitrogens with zero attached hydrogens (tertiary/aromatic N) is 1. The summed E-state index contributed by atoms with van der Waals surface area (Å²) >= 11 is 0.903. The Morgan fingerprint density at radius 3 is 2.83 bits per heavy atom. The molecule has 100 valence electrons. The summed E-state index contributed by atoms with van der Waals surface area (Å²) in [4.78, 5) is 15.2. The molecule has 0 atom stereocenters. The topological polar surface area (TPSA) is 114 Å². The highest BCUT2D eigenvalue weighted by Crippen LogP contribution is 2.27. The molecule has 1 heterocycles. The van der Waals surface area contributed by atoms with Crippen LogP contribution in [0.4, 0.5) is 5.13 Å². The summed E-state index contributed by atoms with van der Waals surface area (Å²) in [6, 6.07) is 0. The normalized spacial score (nSPS) is 15.4. The summed E-state index contributed by atoms with van der Waals surface area (Å²) in [6.45, 7) is 0.783. The molecule has 0 radical (unpaired) electrons. The van der Waals surface area contributed by atoms with Crippen LogP contribution in [0, 0.1) is 5.92 Å². The number of primary sulfonamides is 1. The lowest BCUT2D eigenvalue weighted by molar-refractivity contribution is -0.119. The Balaban J connectivity index is 1.78. The number of carbonyl (C=O) groups is 1. The molecular weight excluding hydrogens is 276 g/mol. The summed E-state index contributed by atoms with van der Waals surface area (Å²) in [5.41, 5.74) is 0. The third kappa shape index (κ3) is 3.93.